The normalized spacial score (nSPS) is 19.9. The number of nitriles is 1. The summed E-state index contributed by atoms with van der Waals surface area (Å²) in [5, 5.41) is 12.4. The third-order valence-corrected chi connectivity index (χ3v) is 3.71. The van der Waals surface area contributed by atoms with Crippen molar-refractivity contribution in [3.8, 4) is 6.07 Å². The minimum absolute atomic E-state index is 0.744. The maximum Gasteiger partial charge on any atom is 0.0991 e. The van der Waals surface area contributed by atoms with E-state index in [1.165, 1.54) is 30.6 Å². The van der Waals surface area contributed by atoms with E-state index < -0.39 is 0 Å². The van der Waals surface area contributed by atoms with Crippen LogP contribution >= 0.6 is 0 Å². The molecule has 0 amide bonds. The van der Waals surface area contributed by atoms with Crippen LogP contribution in [-0.2, 0) is 6.54 Å². The Morgan fingerprint density at radius 3 is 2.94 bits per heavy atom. The minimum Gasteiger partial charge on any atom is -0.312 e. The summed E-state index contributed by atoms with van der Waals surface area (Å²) in [6, 6.07) is 8.09. The van der Waals surface area contributed by atoms with Crippen LogP contribution in [-0.4, -0.2) is 31.6 Å². The monoisotopic (exact) mass is 243 g/mol. The topological polar surface area (TPSA) is 39.1 Å². The van der Waals surface area contributed by atoms with E-state index in [2.05, 4.69) is 36.3 Å². The number of likely N-dealkylation sites (tertiary alicyclic amines) is 1. The smallest absolute Gasteiger partial charge is 0.0991 e. The Morgan fingerprint density at radius 1 is 1.50 bits per heavy atom. The Bertz CT molecular complexity index is 448. The van der Waals surface area contributed by atoms with Gasteiger partial charge < -0.3 is 10.2 Å². The first-order chi connectivity index (χ1) is 8.69. The molecule has 1 saturated heterocycles. The van der Waals surface area contributed by atoms with Crippen molar-refractivity contribution in [1.82, 2.24) is 10.2 Å². The van der Waals surface area contributed by atoms with Crippen LogP contribution in [0.5, 0.6) is 0 Å². The van der Waals surface area contributed by atoms with Crippen LogP contribution in [0.2, 0.25) is 0 Å². The Morgan fingerprint density at radius 2 is 2.33 bits per heavy atom. The first-order valence-electron chi connectivity index (χ1n) is 6.58. The summed E-state index contributed by atoms with van der Waals surface area (Å²) in [7, 11) is 2.19. The van der Waals surface area contributed by atoms with Crippen LogP contribution in [0.15, 0.2) is 18.2 Å². The van der Waals surface area contributed by atoms with Gasteiger partial charge in [-0.2, -0.15) is 5.26 Å². The third kappa shape index (κ3) is 3.32. The summed E-state index contributed by atoms with van der Waals surface area (Å²) in [5.41, 5.74) is 3.24. The van der Waals surface area contributed by atoms with Crippen molar-refractivity contribution in [1.29, 1.82) is 5.26 Å². The van der Waals surface area contributed by atoms with E-state index in [4.69, 9.17) is 5.26 Å². The molecule has 0 aliphatic carbocycles. The highest BCUT2D eigenvalue weighted by Crippen LogP contribution is 2.14. The highest BCUT2D eigenvalue weighted by molar-refractivity contribution is 5.37. The molecule has 1 aliphatic rings. The molecule has 0 saturated carbocycles. The van der Waals surface area contributed by atoms with Crippen LogP contribution < -0.4 is 5.32 Å². The zero-order valence-corrected chi connectivity index (χ0v) is 11.2. The molecule has 18 heavy (non-hydrogen) atoms. The Labute approximate surface area is 109 Å². The molecule has 1 fully saturated rings. The maximum absolute atomic E-state index is 8.83. The van der Waals surface area contributed by atoms with Crippen molar-refractivity contribution in [3.05, 3.63) is 34.9 Å². The van der Waals surface area contributed by atoms with Crippen LogP contribution in [0.25, 0.3) is 0 Å². The van der Waals surface area contributed by atoms with E-state index >= 15 is 0 Å². The van der Waals surface area contributed by atoms with Gasteiger partial charge in [0, 0.05) is 13.1 Å². The van der Waals surface area contributed by atoms with Gasteiger partial charge in [-0.1, -0.05) is 6.07 Å². The summed E-state index contributed by atoms with van der Waals surface area (Å²) >= 11 is 0. The summed E-state index contributed by atoms with van der Waals surface area (Å²) in [6.45, 7) is 6.49. The number of benzene rings is 1. The van der Waals surface area contributed by atoms with Gasteiger partial charge in [-0.15, -0.1) is 0 Å². The minimum atomic E-state index is 0.744. The third-order valence-electron chi connectivity index (χ3n) is 3.71. The number of nitrogens with one attached hydrogen (secondary N) is 1. The lowest BCUT2D eigenvalue weighted by atomic mass is 10.0. The molecule has 1 aromatic carbocycles. The second kappa shape index (κ2) is 5.99. The largest absolute Gasteiger partial charge is 0.312 e. The van der Waals surface area contributed by atoms with Crippen molar-refractivity contribution in [2.75, 3.05) is 26.7 Å². The molecule has 0 radical (unpaired) electrons. The van der Waals surface area contributed by atoms with Gasteiger partial charge in [0.25, 0.3) is 0 Å². The predicted molar refractivity (Wildman–Crippen MR) is 73.2 cm³/mol. The second-order valence-electron chi connectivity index (χ2n) is 5.30. The quantitative estimate of drug-likeness (QED) is 0.878. The number of hydrogen-bond donors (Lipinski definition) is 1. The van der Waals surface area contributed by atoms with E-state index in [0.29, 0.717) is 0 Å². The van der Waals surface area contributed by atoms with Crippen LogP contribution in [0, 0.1) is 24.2 Å². The number of aryl methyl sites for hydroxylation is 1. The summed E-state index contributed by atoms with van der Waals surface area (Å²) < 4.78 is 0. The van der Waals surface area contributed by atoms with Crippen molar-refractivity contribution in [3.63, 3.8) is 0 Å². The number of nitrogens with zero attached hydrogens (tertiary/aromatic N) is 2. The molecular weight excluding hydrogens is 222 g/mol. The fourth-order valence-corrected chi connectivity index (χ4v) is 2.57. The predicted octanol–water partition coefficient (Wildman–Crippen LogP) is 1.91. The molecule has 1 atom stereocenters. The fourth-order valence-electron chi connectivity index (χ4n) is 2.57. The van der Waals surface area contributed by atoms with Crippen LogP contribution in [0.4, 0.5) is 0 Å². The summed E-state index contributed by atoms with van der Waals surface area (Å²) in [4.78, 5) is 2.39. The highest BCUT2D eigenvalue weighted by Gasteiger charge is 2.18. The van der Waals surface area contributed by atoms with E-state index in [9.17, 15) is 0 Å². The Hall–Kier alpha value is -1.37. The van der Waals surface area contributed by atoms with Crippen molar-refractivity contribution in [2.24, 2.45) is 5.92 Å². The molecule has 0 aromatic heterocycles. The zero-order valence-electron chi connectivity index (χ0n) is 11.2. The molecule has 3 nitrogen and oxygen atoms in total. The molecule has 1 aliphatic heterocycles. The van der Waals surface area contributed by atoms with Gasteiger partial charge in [-0.05, 0) is 62.7 Å². The Balaban J connectivity index is 1.82. The van der Waals surface area contributed by atoms with Gasteiger partial charge >= 0.3 is 0 Å². The molecule has 3 heteroatoms. The number of rotatable bonds is 4. The maximum atomic E-state index is 8.83. The van der Waals surface area contributed by atoms with Gasteiger partial charge in [0.15, 0.2) is 0 Å². The van der Waals surface area contributed by atoms with E-state index in [-0.39, 0.29) is 0 Å². The van der Waals surface area contributed by atoms with Gasteiger partial charge in [0.05, 0.1) is 11.6 Å². The van der Waals surface area contributed by atoms with Gasteiger partial charge in [-0.25, -0.2) is 0 Å². The molecular formula is C15H21N3. The van der Waals surface area contributed by atoms with Crippen LogP contribution in [0.3, 0.4) is 0 Å². The highest BCUT2D eigenvalue weighted by atomic mass is 15.1. The molecule has 0 spiro atoms. The zero-order chi connectivity index (χ0) is 13.0. The lowest BCUT2D eigenvalue weighted by Gasteiger charge is -2.12. The van der Waals surface area contributed by atoms with Crippen molar-refractivity contribution < 1.29 is 0 Å². The summed E-state index contributed by atoms with van der Waals surface area (Å²) in [5.74, 6) is 0.786. The molecule has 2 rings (SSSR count). The lowest BCUT2D eigenvalue weighted by Crippen LogP contribution is -2.25. The second-order valence-corrected chi connectivity index (χ2v) is 5.30. The van der Waals surface area contributed by atoms with Gasteiger partial charge in [-0.3, -0.25) is 0 Å². The first-order valence-corrected chi connectivity index (χ1v) is 6.58. The average molecular weight is 243 g/mol. The molecule has 1 N–H and O–H groups in total. The first kappa shape index (κ1) is 13.1. The van der Waals surface area contributed by atoms with E-state index in [1.54, 1.807) is 0 Å². The molecule has 1 aromatic rings. The number of hydrogen-bond acceptors (Lipinski definition) is 3. The van der Waals surface area contributed by atoms with Gasteiger partial charge in [0.1, 0.15) is 0 Å². The van der Waals surface area contributed by atoms with Crippen molar-refractivity contribution >= 4 is 0 Å². The molecule has 96 valence electrons. The van der Waals surface area contributed by atoms with Gasteiger partial charge in [0.2, 0.25) is 0 Å². The SMILES string of the molecule is Cc1cc(C#N)ccc1CNCC1CCN(C)C1. The molecule has 1 heterocycles. The Kier molecular flexibility index (Phi) is 4.35. The molecule has 0 bridgehead atoms. The van der Waals surface area contributed by atoms with Crippen molar-refractivity contribution in [2.45, 2.75) is 19.9 Å². The average Bonchev–Trinajstić information content (AvgIpc) is 2.77. The fraction of sp³-hybridized carbons (Fsp3) is 0.533. The summed E-state index contributed by atoms with van der Waals surface area (Å²) in [6.07, 6.45) is 1.30. The van der Waals surface area contributed by atoms with E-state index in [1.807, 2.05) is 12.1 Å². The lowest BCUT2D eigenvalue weighted by molar-refractivity contribution is 0.388. The van der Waals surface area contributed by atoms with E-state index in [0.717, 1.165) is 24.6 Å². The standard InChI is InChI=1S/C15H21N3/c1-12-7-13(8-16)3-4-15(12)10-17-9-14-5-6-18(2)11-14/h3-4,7,14,17H,5-6,9-11H2,1-2H3. The van der Waals surface area contributed by atoms with Crippen LogP contribution in [0.1, 0.15) is 23.1 Å². The molecule has 1 unspecified atom stereocenters.